The van der Waals surface area contributed by atoms with E-state index in [-0.39, 0.29) is 22.6 Å². The molecule has 1 N–H and O–H groups in total. The Labute approximate surface area is 238 Å². The Hall–Kier alpha value is -4.26. The van der Waals surface area contributed by atoms with Crippen LogP contribution in [-0.2, 0) is 40.8 Å². The van der Waals surface area contributed by atoms with E-state index in [1.165, 1.54) is 14.2 Å². The summed E-state index contributed by atoms with van der Waals surface area (Å²) in [5.74, 6) is 0.596. The van der Waals surface area contributed by atoms with E-state index in [2.05, 4.69) is 15.0 Å². The fourth-order valence-corrected chi connectivity index (χ4v) is 5.94. The third-order valence-electron chi connectivity index (χ3n) is 6.70. The number of nitrogens with one attached hydrogen (secondary N) is 1. The SMILES string of the molecule is CCc1ccc(OC)c(S(=O)(=O)Nc2noc3cc(Cn4ncc5c4CN(C(=O)OC(C)(C)C)C5)cc(OC)c23)c1. The van der Waals surface area contributed by atoms with E-state index in [1.807, 2.05) is 38.4 Å². The van der Waals surface area contributed by atoms with Crippen LogP contribution in [0.15, 0.2) is 45.9 Å². The predicted octanol–water partition coefficient (Wildman–Crippen LogP) is 4.70. The minimum atomic E-state index is -4.07. The van der Waals surface area contributed by atoms with Crippen molar-refractivity contribution in [2.24, 2.45) is 0 Å². The van der Waals surface area contributed by atoms with E-state index in [4.69, 9.17) is 18.7 Å². The Morgan fingerprint density at radius 3 is 2.51 bits per heavy atom. The van der Waals surface area contributed by atoms with Gasteiger partial charge in [0, 0.05) is 5.56 Å². The van der Waals surface area contributed by atoms with E-state index < -0.39 is 15.6 Å². The number of ether oxygens (including phenoxy) is 3. The topological polar surface area (TPSA) is 138 Å². The molecule has 0 bridgehead atoms. The summed E-state index contributed by atoms with van der Waals surface area (Å²) in [4.78, 5) is 14.2. The Balaban J connectivity index is 1.41. The van der Waals surface area contributed by atoms with Crippen molar-refractivity contribution in [3.8, 4) is 11.5 Å². The first-order chi connectivity index (χ1) is 19.4. The summed E-state index contributed by atoms with van der Waals surface area (Å²) in [6.07, 6.45) is 2.03. The Morgan fingerprint density at radius 1 is 1.07 bits per heavy atom. The average Bonchev–Trinajstić information content (AvgIpc) is 3.62. The Bertz CT molecular complexity index is 1720. The van der Waals surface area contributed by atoms with Gasteiger partial charge in [0.05, 0.1) is 45.7 Å². The molecule has 0 aliphatic carbocycles. The summed E-state index contributed by atoms with van der Waals surface area (Å²) >= 11 is 0. The first-order valence-electron chi connectivity index (χ1n) is 13.1. The molecule has 1 aliphatic heterocycles. The van der Waals surface area contributed by atoms with Crippen molar-refractivity contribution in [3.63, 3.8) is 0 Å². The number of amides is 1. The third kappa shape index (κ3) is 5.67. The fourth-order valence-electron chi connectivity index (χ4n) is 4.72. The molecule has 13 heteroatoms. The molecular formula is C28H33N5O7S. The second-order valence-electron chi connectivity index (χ2n) is 10.8. The lowest BCUT2D eigenvalue weighted by Crippen LogP contribution is -2.33. The number of nitrogens with zero attached hydrogens (tertiary/aromatic N) is 4. The van der Waals surface area contributed by atoms with Gasteiger partial charge in [0.25, 0.3) is 10.0 Å². The second-order valence-corrected chi connectivity index (χ2v) is 12.4. The molecule has 0 unspecified atom stereocenters. The van der Waals surface area contributed by atoms with Crippen LogP contribution >= 0.6 is 0 Å². The molecule has 1 aliphatic rings. The molecule has 2 aromatic carbocycles. The number of aromatic nitrogens is 3. The highest BCUT2D eigenvalue weighted by atomic mass is 32.2. The maximum Gasteiger partial charge on any atom is 0.410 e. The van der Waals surface area contributed by atoms with Crippen LogP contribution in [0.3, 0.4) is 0 Å². The van der Waals surface area contributed by atoms with Crippen LogP contribution in [-0.4, -0.2) is 54.2 Å². The van der Waals surface area contributed by atoms with Crippen LogP contribution in [0.25, 0.3) is 11.0 Å². The minimum Gasteiger partial charge on any atom is -0.496 e. The Kier molecular flexibility index (Phi) is 7.32. The number of fused-ring (bicyclic) bond motifs is 2. The Morgan fingerprint density at radius 2 is 1.83 bits per heavy atom. The van der Waals surface area contributed by atoms with Crippen molar-refractivity contribution >= 4 is 32.9 Å². The lowest BCUT2D eigenvalue weighted by Gasteiger charge is -2.24. The van der Waals surface area contributed by atoms with Gasteiger partial charge in [0.1, 0.15) is 27.4 Å². The summed E-state index contributed by atoms with van der Waals surface area (Å²) in [7, 11) is -1.16. The summed E-state index contributed by atoms with van der Waals surface area (Å²) in [6, 6.07) is 8.56. The molecule has 4 aromatic rings. The zero-order valence-electron chi connectivity index (χ0n) is 23.8. The molecule has 0 atom stereocenters. The lowest BCUT2D eigenvalue weighted by molar-refractivity contribution is 0.0238. The summed E-state index contributed by atoms with van der Waals surface area (Å²) in [5, 5.41) is 8.88. The van der Waals surface area contributed by atoms with Crippen molar-refractivity contribution in [2.75, 3.05) is 18.9 Å². The van der Waals surface area contributed by atoms with Crippen LogP contribution in [0.4, 0.5) is 10.6 Å². The zero-order chi connectivity index (χ0) is 29.5. The highest BCUT2D eigenvalue weighted by Crippen LogP contribution is 2.36. The highest BCUT2D eigenvalue weighted by molar-refractivity contribution is 7.92. The van der Waals surface area contributed by atoms with Gasteiger partial charge in [0.15, 0.2) is 11.4 Å². The molecule has 0 fully saturated rings. The molecule has 0 spiro atoms. The van der Waals surface area contributed by atoms with Crippen molar-refractivity contribution < 1.29 is 31.9 Å². The molecule has 0 saturated heterocycles. The summed E-state index contributed by atoms with van der Waals surface area (Å²) < 4.78 is 53.0. The normalized spacial score (nSPS) is 13.4. The molecular weight excluding hydrogens is 550 g/mol. The zero-order valence-corrected chi connectivity index (χ0v) is 24.7. The van der Waals surface area contributed by atoms with Crippen molar-refractivity contribution in [2.45, 2.75) is 64.2 Å². The number of sulfonamides is 1. The number of methoxy groups -OCH3 is 2. The van der Waals surface area contributed by atoms with Crippen molar-refractivity contribution in [3.05, 3.63) is 58.9 Å². The van der Waals surface area contributed by atoms with Crippen LogP contribution in [0.1, 0.15) is 50.1 Å². The van der Waals surface area contributed by atoms with E-state index in [1.54, 1.807) is 35.4 Å². The van der Waals surface area contributed by atoms with Gasteiger partial charge in [0.2, 0.25) is 0 Å². The molecule has 0 radical (unpaired) electrons. The molecule has 5 rings (SSSR count). The van der Waals surface area contributed by atoms with Gasteiger partial charge < -0.3 is 18.7 Å². The monoisotopic (exact) mass is 583 g/mol. The van der Waals surface area contributed by atoms with Gasteiger partial charge in [-0.1, -0.05) is 18.1 Å². The van der Waals surface area contributed by atoms with Crippen LogP contribution in [0, 0.1) is 0 Å². The number of hydrogen-bond donors (Lipinski definition) is 1. The van der Waals surface area contributed by atoms with Gasteiger partial charge in [-0.15, -0.1) is 0 Å². The van der Waals surface area contributed by atoms with E-state index in [9.17, 15) is 13.2 Å². The molecule has 1 amide bonds. The smallest absolute Gasteiger partial charge is 0.410 e. The maximum atomic E-state index is 13.4. The molecule has 3 heterocycles. The molecule has 12 nitrogen and oxygen atoms in total. The van der Waals surface area contributed by atoms with Gasteiger partial charge in [-0.25, -0.2) is 13.2 Å². The number of rotatable bonds is 8. The third-order valence-corrected chi connectivity index (χ3v) is 8.06. The van der Waals surface area contributed by atoms with Gasteiger partial charge in [-0.3, -0.25) is 14.3 Å². The first-order valence-corrected chi connectivity index (χ1v) is 14.6. The van der Waals surface area contributed by atoms with Crippen LogP contribution < -0.4 is 14.2 Å². The van der Waals surface area contributed by atoms with Crippen molar-refractivity contribution in [1.82, 2.24) is 19.8 Å². The number of carbonyl (C=O) groups excluding carboxylic acids is 1. The van der Waals surface area contributed by atoms with Crippen molar-refractivity contribution in [1.29, 1.82) is 0 Å². The minimum absolute atomic E-state index is 0.000313. The first kappa shape index (κ1) is 28.3. The molecule has 41 heavy (non-hydrogen) atoms. The maximum absolute atomic E-state index is 13.4. The number of anilines is 1. The van der Waals surface area contributed by atoms with Gasteiger partial charge in [-0.2, -0.15) is 5.10 Å². The highest BCUT2D eigenvalue weighted by Gasteiger charge is 2.31. The number of aryl methyl sites for hydroxylation is 1. The second kappa shape index (κ2) is 10.6. The summed E-state index contributed by atoms with van der Waals surface area (Å²) in [5.41, 5.74) is 3.24. The number of benzene rings is 2. The molecule has 0 saturated carbocycles. The van der Waals surface area contributed by atoms with Gasteiger partial charge >= 0.3 is 6.09 Å². The van der Waals surface area contributed by atoms with Crippen LogP contribution in [0.5, 0.6) is 11.5 Å². The largest absolute Gasteiger partial charge is 0.496 e. The van der Waals surface area contributed by atoms with E-state index in [0.29, 0.717) is 42.8 Å². The van der Waals surface area contributed by atoms with E-state index >= 15 is 0 Å². The number of hydrogen-bond acceptors (Lipinski definition) is 9. The molecule has 2 aromatic heterocycles. The van der Waals surface area contributed by atoms with E-state index in [0.717, 1.165) is 22.4 Å². The van der Waals surface area contributed by atoms with Gasteiger partial charge in [-0.05, 0) is 62.6 Å². The predicted molar refractivity (Wildman–Crippen MR) is 151 cm³/mol. The average molecular weight is 584 g/mol. The molecule has 218 valence electrons. The quantitative estimate of drug-likeness (QED) is 0.313. The fraction of sp³-hybridized carbons (Fsp3) is 0.393. The standard InChI is InChI=1S/C28H33N5O7S/c1-7-17-8-9-21(37-5)24(12-17)41(35,36)31-26-25-22(38-6)10-18(11-23(25)40-30-26)14-33-20-16-32(15-19(20)13-29-33)27(34)39-28(2,3)4/h8-13H,7,14-16H2,1-6H3,(H,30,31). The number of carbonyl (C=O) groups is 1. The summed E-state index contributed by atoms with van der Waals surface area (Å²) in [6.45, 7) is 8.60. The van der Waals surface area contributed by atoms with Crippen LogP contribution in [0.2, 0.25) is 0 Å². The lowest BCUT2D eigenvalue weighted by atomic mass is 10.1.